The summed E-state index contributed by atoms with van der Waals surface area (Å²) in [6.07, 6.45) is 5.21. The van der Waals surface area contributed by atoms with Gasteiger partial charge in [-0.1, -0.05) is 5.16 Å². The van der Waals surface area contributed by atoms with Gasteiger partial charge >= 0.3 is 0 Å². The minimum Gasteiger partial charge on any atom is -0.364 e. The van der Waals surface area contributed by atoms with Crippen LogP contribution in [-0.4, -0.2) is 29.8 Å². The molecule has 9 heteroatoms. The Morgan fingerprint density at radius 3 is 2.95 bits per heavy atom. The van der Waals surface area contributed by atoms with Crippen LogP contribution in [0.1, 0.15) is 24.1 Å². The second kappa shape index (κ2) is 5.35. The highest BCUT2D eigenvalue weighted by Gasteiger charge is 2.24. The molecule has 0 bridgehead atoms. The number of nitrogens with zero attached hydrogens (tertiary/aromatic N) is 2. The van der Waals surface area contributed by atoms with Crippen LogP contribution in [-0.2, 0) is 23.1 Å². The number of H-pyrrole nitrogens is 1. The molecule has 0 amide bonds. The van der Waals surface area contributed by atoms with Crippen LogP contribution in [0, 0.1) is 0 Å². The van der Waals surface area contributed by atoms with Gasteiger partial charge in [-0.15, -0.1) is 0 Å². The zero-order chi connectivity index (χ0) is 14.0. The third-order valence-electron chi connectivity index (χ3n) is 3.04. The molecule has 0 radical (unpaired) electrons. The highest BCUT2D eigenvalue weighted by Crippen LogP contribution is 2.20. The summed E-state index contributed by atoms with van der Waals surface area (Å²) in [5.41, 5.74) is 1.15. The summed E-state index contributed by atoms with van der Waals surface area (Å²) in [5, 5.41) is 13.4. The molecule has 0 saturated heterocycles. The van der Waals surface area contributed by atoms with Gasteiger partial charge in [0.05, 0.1) is 18.4 Å². The molecule has 2 aromatic rings. The van der Waals surface area contributed by atoms with E-state index in [-0.39, 0.29) is 11.6 Å². The van der Waals surface area contributed by atoms with Crippen molar-refractivity contribution in [1.82, 2.24) is 25.4 Å². The summed E-state index contributed by atoms with van der Waals surface area (Å²) in [7, 11) is -3.64. The van der Waals surface area contributed by atoms with Gasteiger partial charge in [-0.3, -0.25) is 5.10 Å². The molecule has 108 valence electrons. The van der Waals surface area contributed by atoms with Crippen molar-refractivity contribution in [3.8, 4) is 0 Å². The average molecular weight is 297 g/mol. The number of nitrogens with one attached hydrogen (secondary N) is 3. The first kappa shape index (κ1) is 13.3. The lowest BCUT2D eigenvalue weighted by Crippen LogP contribution is -2.26. The standard InChI is InChI=1S/C11H15N5O3S/c17-20(18,14-7-10-3-4-19-16-10)11-8(6-13-15-11)5-12-9-1-2-9/h3-4,6,9,12,14H,1-2,5,7H2,(H,13,15). The molecule has 1 saturated carbocycles. The normalized spacial score (nSPS) is 15.6. The predicted molar refractivity (Wildman–Crippen MR) is 69.0 cm³/mol. The Balaban J connectivity index is 1.68. The van der Waals surface area contributed by atoms with Gasteiger partial charge in [-0.25, -0.2) is 13.1 Å². The van der Waals surface area contributed by atoms with Crippen LogP contribution in [0.3, 0.4) is 0 Å². The van der Waals surface area contributed by atoms with Crippen molar-refractivity contribution in [2.45, 2.75) is 37.0 Å². The number of hydrogen-bond donors (Lipinski definition) is 3. The fourth-order valence-corrected chi connectivity index (χ4v) is 2.89. The minimum atomic E-state index is -3.64. The van der Waals surface area contributed by atoms with Crippen LogP contribution in [0.25, 0.3) is 0 Å². The molecule has 1 fully saturated rings. The smallest absolute Gasteiger partial charge is 0.258 e. The third kappa shape index (κ3) is 3.06. The Labute approximate surface area is 116 Å². The highest BCUT2D eigenvalue weighted by molar-refractivity contribution is 7.89. The van der Waals surface area contributed by atoms with Gasteiger partial charge in [0.1, 0.15) is 6.26 Å². The molecule has 8 nitrogen and oxygen atoms in total. The molecule has 3 rings (SSSR count). The molecular formula is C11H15N5O3S. The number of aromatic amines is 1. The quantitative estimate of drug-likeness (QED) is 0.669. The highest BCUT2D eigenvalue weighted by atomic mass is 32.2. The Bertz CT molecular complexity index is 660. The summed E-state index contributed by atoms with van der Waals surface area (Å²) in [5.74, 6) is 0. The Kier molecular flexibility index (Phi) is 3.55. The number of hydrogen-bond acceptors (Lipinski definition) is 6. The first-order valence-electron chi connectivity index (χ1n) is 6.30. The lowest BCUT2D eigenvalue weighted by Gasteiger charge is -2.06. The summed E-state index contributed by atoms with van der Waals surface area (Å²) in [4.78, 5) is 0. The molecular weight excluding hydrogens is 282 g/mol. The van der Waals surface area contributed by atoms with E-state index in [2.05, 4.69) is 29.9 Å². The van der Waals surface area contributed by atoms with Gasteiger partial charge < -0.3 is 9.84 Å². The topological polar surface area (TPSA) is 113 Å². The van der Waals surface area contributed by atoms with Crippen LogP contribution in [0.2, 0.25) is 0 Å². The van der Waals surface area contributed by atoms with Crippen LogP contribution in [0.15, 0.2) is 28.1 Å². The Morgan fingerprint density at radius 2 is 2.25 bits per heavy atom. The van der Waals surface area contributed by atoms with E-state index in [0.717, 1.165) is 12.8 Å². The third-order valence-corrected chi connectivity index (χ3v) is 4.46. The second-order valence-corrected chi connectivity index (χ2v) is 6.40. The molecule has 3 N–H and O–H groups in total. The lowest BCUT2D eigenvalue weighted by molar-refractivity contribution is 0.411. The largest absolute Gasteiger partial charge is 0.364 e. The van der Waals surface area contributed by atoms with E-state index in [9.17, 15) is 8.42 Å². The molecule has 0 atom stereocenters. The van der Waals surface area contributed by atoms with Crippen molar-refractivity contribution < 1.29 is 12.9 Å². The van der Waals surface area contributed by atoms with E-state index in [1.54, 1.807) is 6.07 Å². The van der Waals surface area contributed by atoms with Gasteiger partial charge in [0.15, 0.2) is 5.03 Å². The minimum absolute atomic E-state index is 0.0767. The molecule has 20 heavy (non-hydrogen) atoms. The zero-order valence-corrected chi connectivity index (χ0v) is 11.5. The summed E-state index contributed by atoms with van der Waals surface area (Å²) < 4.78 is 31.5. The zero-order valence-electron chi connectivity index (χ0n) is 10.7. The van der Waals surface area contributed by atoms with Gasteiger partial charge in [0.25, 0.3) is 10.0 Å². The maximum atomic E-state index is 12.2. The first-order chi connectivity index (χ1) is 9.65. The number of aromatic nitrogens is 3. The molecule has 1 aliphatic rings. The average Bonchev–Trinajstić information content (AvgIpc) is 2.94. The van der Waals surface area contributed by atoms with Crippen molar-refractivity contribution in [2.24, 2.45) is 0 Å². The van der Waals surface area contributed by atoms with Gasteiger partial charge in [-0.2, -0.15) is 5.10 Å². The van der Waals surface area contributed by atoms with Crippen LogP contribution in [0.4, 0.5) is 0 Å². The van der Waals surface area contributed by atoms with Crippen molar-refractivity contribution >= 4 is 10.0 Å². The summed E-state index contributed by atoms with van der Waals surface area (Å²) >= 11 is 0. The maximum absolute atomic E-state index is 12.2. The fraction of sp³-hybridized carbons (Fsp3) is 0.455. The number of sulfonamides is 1. The Hall–Kier alpha value is -1.71. The van der Waals surface area contributed by atoms with Crippen molar-refractivity contribution in [3.63, 3.8) is 0 Å². The first-order valence-corrected chi connectivity index (χ1v) is 7.78. The van der Waals surface area contributed by atoms with E-state index in [0.29, 0.717) is 23.8 Å². The summed E-state index contributed by atoms with van der Waals surface area (Å²) in [6.45, 7) is 0.564. The van der Waals surface area contributed by atoms with Gasteiger partial charge in [0, 0.05) is 24.2 Å². The van der Waals surface area contributed by atoms with Crippen molar-refractivity contribution in [1.29, 1.82) is 0 Å². The second-order valence-electron chi connectivity index (χ2n) is 4.69. The van der Waals surface area contributed by atoms with E-state index < -0.39 is 10.0 Å². The molecule has 2 heterocycles. The van der Waals surface area contributed by atoms with Gasteiger partial charge in [0.2, 0.25) is 0 Å². The van der Waals surface area contributed by atoms with Crippen LogP contribution >= 0.6 is 0 Å². The van der Waals surface area contributed by atoms with Crippen LogP contribution < -0.4 is 10.0 Å². The SMILES string of the molecule is O=S(=O)(NCc1ccon1)c1[nH]ncc1CNC1CC1. The van der Waals surface area contributed by atoms with Gasteiger partial charge in [-0.05, 0) is 12.8 Å². The van der Waals surface area contributed by atoms with E-state index in [4.69, 9.17) is 0 Å². The van der Waals surface area contributed by atoms with E-state index >= 15 is 0 Å². The lowest BCUT2D eigenvalue weighted by atomic mass is 10.3. The van der Waals surface area contributed by atoms with Crippen molar-refractivity contribution in [3.05, 3.63) is 29.8 Å². The predicted octanol–water partition coefficient (Wildman–Crippen LogP) is 0.128. The fourth-order valence-electron chi connectivity index (χ4n) is 1.77. The molecule has 0 aliphatic heterocycles. The molecule has 0 aromatic carbocycles. The Morgan fingerprint density at radius 1 is 1.40 bits per heavy atom. The van der Waals surface area contributed by atoms with E-state index in [1.807, 2.05) is 0 Å². The molecule has 1 aliphatic carbocycles. The molecule has 0 spiro atoms. The number of rotatable bonds is 7. The molecule has 2 aromatic heterocycles. The monoisotopic (exact) mass is 297 g/mol. The van der Waals surface area contributed by atoms with E-state index in [1.165, 1.54) is 12.5 Å². The van der Waals surface area contributed by atoms with Crippen LogP contribution in [0.5, 0.6) is 0 Å². The molecule has 0 unspecified atom stereocenters. The maximum Gasteiger partial charge on any atom is 0.258 e. The summed E-state index contributed by atoms with van der Waals surface area (Å²) in [6, 6.07) is 2.11. The van der Waals surface area contributed by atoms with Crippen molar-refractivity contribution in [2.75, 3.05) is 0 Å².